The van der Waals surface area contributed by atoms with Crippen molar-refractivity contribution in [2.24, 2.45) is 11.8 Å². The van der Waals surface area contributed by atoms with Gasteiger partial charge in [-0.2, -0.15) is 5.10 Å². The lowest BCUT2D eigenvalue weighted by Crippen LogP contribution is -2.42. The summed E-state index contributed by atoms with van der Waals surface area (Å²) in [4.78, 5) is 3.97. The third kappa shape index (κ3) is 3.53. The minimum Gasteiger partial charge on any atom is -0.310 e. The molecule has 0 radical (unpaired) electrons. The van der Waals surface area contributed by atoms with Gasteiger partial charge in [0.15, 0.2) is 0 Å². The summed E-state index contributed by atoms with van der Waals surface area (Å²) in [6.45, 7) is 7.88. The largest absolute Gasteiger partial charge is 0.310 e. The van der Waals surface area contributed by atoms with Gasteiger partial charge in [0.2, 0.25) is 0 Å². The average Bonchev–Trinajstić information content (AvgIpc) is 2.76. The zero-order valence-electron chi connectivity index (χ0n) is 11.1. The van der Waals surface area contributed by atoms with Crippen LogP contribution in [0, 0.1) is 11.8 Å². The Kier molecular flexibility index (Phi) is 4.15. The quantitative estimate of drug-likeness (QED) is 0.870. The van der Waals surface area contributed by atoms with E-state index < -0.39 is 0 Å². The fraction of sp³-hybridized carbons (Fsp3) is 0.846. The van der Waals surface area contributed by atoms with Gasteiger partial charge in [-0.15, -0.1) is 0 Å². The first kappa shape index (κ1) is 12.6. The molecule has 0 aromatic carbocycles. The number of aromatic nitrogens is 3. The Morgan fingerprint density at radius 2 is 2.18 bits per heavy atom. The molecule has 0 saturated heterocycles. The van der Waals surface area contributed by atoms with E-state index in [-0.39, 0.29) is 0 Å². The molecule has 1 aromatic heterocycles. The third-order valence-corrected chi connectivity index (χ3v) is 4.05. The molecule has 1 fully saturated rings. The van der Waals surface area contributed by atoms with Gasteiger partial charge in [0.05, 0.1) is 6.54 Å². The first-order valence-electron chi connectivity index (χ1n) is 6.73. The van der Waals surface area contributed by atoms with Gasteiger partial charge in [-0.1, -0.05) is 13.8 Å². The lowest BCUT2D eigenvalue weighted by atomic mass is 9.79. The molecule has 1 heterocycles. The van der Waals surface area contributed by atoms with Gasteiger partial charge in [0, 0.05) is 12.1 Å². The number of nitrogens with one attached hydrogen (secondary N) is 1. The van der Waals surface area contributed by atoms with Gasteiger partial charge < -0.3 is 5.32 Å². The summed E-state index contributed by atoms with van der Waals surface area (Å²) in [5.41, 5.74) is 0. The smallest absolute Gasteiger partial charge is 0.137 e. The van der Waals surface area contributed by atoms with Crippen molar-refractivity contribution in [3.05, 3.63) is 12.7 Å². The first-order valence-corrected chi connectivity index (χ1v) is 6.73. The van der Waals surface area contributed by atoms with Crippen molar-refractivity contribution in [3.8, 4) is 0 Å². The first-order chi connectivity index (χ1) is 8.15. The van der Waals surface area contributed by atoms with Crippen LogP contribution in [0.5, 0.6) is 0 Å². The molecule has 1 aliphatic rings. The Labute approximate surface area is 104 Å². The number of rotatable bonds is 4. The molecular formula is C13H24N4. The molecule has 0 spiro atoms. The molecule has 0 aliphatic heterocycles. The van der Waals surface area contributed by atoms with E-state index in [0.29, 0.717) is 12.1 Å². The van der Waals surface area contributed by atoms with Gasteiger partial charge in [-0.05, 0) is 38.0 Å². The summed E-state index contributed by atoms with van der Waals surface area (Å²) < 4.78 is 1.90. The average molecular weight is 236 g/mol. The van der Waals surface area contributed by atoms with E-state index in [9.17, 15) is 0 Å². The third-order valence-electron chi connectivity index (χ3n) is 4.05. The molecule has 0 amide bonds. The van der Waals surface area contributed by atoms with Crippen LogP contribution >= 0.6 is 0 Å². The van der Waals surface area contributed by atoms with Crippen molar-refractivity contribution in [1.29, 1.82) is 0 Å². The number of hydrogen-bond acceptors (Lipinski definition) is 3. The molecule has 4 heteroatoms. The standard InChI is InChI=1S/C13H24N4/c1-10-4-5-13(6-11(10)2)16-12(3)7-17-9-14-8-15-17/h8-13,16H,4-7H2,1-3H3/t10-,11+,12-,13-/m1/s1. The van der Waals surface area contributed by atoms with Gasteiger partial charge in [-0.25, -0.2) is 4.98 Å². The summed E-state index contributed by atoms with van der Waals surface area (Å²) in [6, 6.07) is 1.14. The molecule has 17 heavy (non-hydrogen) atoms. The van der Waals surface area contributed by atoms with Gasteiger partial charge in [-0.3, -0.25) is 4.68 Å². The zero-order valence-corrected chi connectivity index (χ0v) is 11.1. The Balaban J connectivity index is 1.77. The maximum absolute atomic E-state index is 4.14. The lowest BCUT2D eigenvalue weighted by molar-refractivity contribution is 0.212. The van der Waals surface area contributed by atoms with E-state index in [2.05, 4.69) is 36.2 Å². The lowest BCUT2D eigenvalue weighted by Gasteiger charge is -2.34. The molecule has 96 valence electrons. The Morgan fingerprint density at radius 1 is 1.35 bits per heavy atom. The SMILES string of the molecule is C[C@H](Cn1cncn1)N[C@@H]1CC[C@@H](C)[C@@H](C)C1. The minimum atomic E-state index is 0.460. The fourth-order valence-electron chi connectivity index (χ4n) is 2.76. The Bertz CT molecular complexity index is 322. The topological polar surface area (TPSA) is 42.7 Å². The molecule has 0 unspecified atom stereocenters. The molecule has 4 atom stereocenters. The van der Waals surface area contributed by atoms with Crippen molar-refractivity contribution >= 4 is 0 Å². The highest BCUT2D eigenvalue weighted by Gasteiger charge is 2.25. The minimum absolute atomic E-state index is 0.460. The van der Waals surface area contributed by atoms with Crippen molar-refractivity contribution in [2.75, 3.05) is 0 Å². The summed E-state index contributed by atoms with van der Waals surface area (Å²) in [7, 11) is 0. The molecule has 1 aromatic rings. The molecule has 1 aliphatic carbocycles. The highest BCUT2D eigenvalue weighted by molar-refractivity contribution is 4.81. The molecule has 1 N–H and O–H groups in total. The van der Waals surface area contributed by atoms with Crippen molar-refractivity contribution < 1.29 is 0 Å². The van der Waals surface area contributed by atoms with E-state index in [0.717, 1.165) is 18.4 Å². The van der Waals surface area contributed by atoms with Crippen LogP contribution in [0.3, 0.4) is 0 Å². The monoisotopic (exact) mass is 236 g/mol. The van der Waals surface area contributed by atoms with Crippen LogP contribution in [0.4, 0.5) is 0 Å². The fourth-order valence-corrected chi connectivity index (χ4v) is 2.76. The van der Waals surface area contributed by atoms with Crippen LogP contribution in [0.1, 0.15) is 40.0 Å². The normalized spacial score (nSPS) is 31.4. The second-order valence-electron chi connectivity index (χ2n) is 5.65. The van der Waals surface area contributed by atoms with Gasteiger partial charge in [0.25, 0.3) is 0 Å². The van der Waals surface area contributed by atoms with Crippen molar-refractivity contribution in [3.63, 3.8) is 0 Å². The van der Waals surface area contributed by atoms with Gasteiger partial charge in [0.1, 0.15) is 12.7 Å². The van der Waals surface area contributed by atoms with E-state index in [1.807, 2.05) is 4.68 Å². The molecule has 0 bridgehead atoms. The maximum Gasteiger partial charge on any atom is 0.137 e. The highest BCUT2D eigenvalue weighted by Crippen LogP contribution is 2.29. The molecule has 1 saturated carbocycles. The van der Waals surface area contributed by atoms with E-state index in [1.165, 1.54) is 19.3 Å². The highest BCUT2D eigenvalue weighted by atomic mass is 15.3. The van der Waals surface area contributed by atoms with Crippen molar-refractivity contribution in [2.45, 2.75) is 58.7 Å². The second kappa shape index (κ2) is 5.63. The van der Waals surface area contributed by atoms with E-state index >= 15 is 0 Å². The van der Waals surface area contributed by atoms with Crippen LogP contribution < -0.4 is 5.32 Å². The number of hydrogen-bond donors (Lipinski definition) is 1. The van der Waals surface area contributed by atoms with Crippen LogP contribution in [0.15, 0.2) is 12.7 Å². The van der Waals surface area contributed by atoms with Crippen LogP contribution in [0.25, 0.3) is 0 Å². The molecular weight excluding hydrogens is 212 g/mol. The summed E-state index contributed by atoms with van der Waals surface area (Å²) in [6.07, 6.45) is 7.35. The summed E-state index contributed by atoms with van der Waals surface area (Å²) in [5, 5.41) is 7.86. The second-order valence-corrected chi connectivity index (χ2v) is 5.65. The van der Waals surface area contributed by atoms with Crippen LogP contribution in [-0.4, -0.2) is 26.8 Å². The predicted molar refractivity (Wildman–Crippen MR) is 68.6 cm³/mol. The maximum atomic E-state index is 4.14. The Morgan fingerprint density at radius 3 is 2.82 bits per heavy atom. The number of nitrogens with zero attached hydrogens (tertiary/aromatic N) is 3. The molecule has 2 rings (SSSR count). The van der Waals surface area contributed by atoms with Crippen LogP contribution in [0.2, 0.25) is 0 Å². The summed E-state index contributed by atoms with van der Waals surface area (Å²) in [5.74, 6) is 1.73. The Hall–Kier alpha value is -0.900. The zero-order chi connectivity index (χ0) is 12.3. The van der Waals surface area contributed by atoms with Crippen LogP contribution in [-0.2, 0) is 6.54 Å². The van der Waals surface area contributed by atoms with E-state index in [1.54, 1.807) is 12.7 Å². The van der Waals surface area contributed by atoms with E-state index in [4.69, 9.17) is 0 Å². The molecule has 4 nitrogen and oxygen atoms in total. The van der Waals surface area contributed by atoms with Crippen molar-refractivity contribution in [1.82, 2.24) is 20.1 Å². The summed E-state index contributed by atoms with van der Waals surface area (Å²) >= 11 is 0. The predicted octanol–water partition coefficient (Wildman–Crippen LogP) is 2.08. The van der Waals surface area contributed by atoms with Gasteiger partial charge >= 0.3 is 0 Å².